The summed E-state index contributed by atoms with van der Waals surface area (Å²) in [4.78, 5) is 36.3. The molecule has 2 atom stereocenters. The zero-order valence-corrected chi connectivity index (χ0v) is 13.0. The highest BCUT2D eigenvalue weighted by Crippen LogP contribution is 2.26. The van der Waals surface area contributed by atoms with E-state index in [9.17, 15) is 14.4 Å². The van der Waals surface area contributed by atoms with Gasteiger partial charge in [0.1, 0.15) is 6.04 Å². The molecule has 2 unspecified atom stereocenters. The van der Waals surface area contributed by atoms with Gasteiger partial charge in [-0.25, -0.2) is 0 Å². The molecular weight excluding hydrogens is 304 g/mol. The van der Waals surface area contributed by atoms with Crippen LogP contribution in [0, 0.1) is 0 Å². The van der Waals surface area contributed by atoms with Crippen molar-refractivity contribution >= 4 is 35.2 Å². The minimum absolute atomic E-state index is 0.00636. The number of anilines is 1. The van der Waals surface area contributed by atoms with Gasteiger partial charge in [0, 0.05) is 11.7 Å². The molecule has 0 bridgehead atoms. The van der Waals surface area contributed by atoms with Crippen LogP contribution in [0.25, 0.3) is 0 Å². The smallest absolute Gasteiger partial charge is 0.313 e. The summed E-state index contributed by atoms with van der Waals surface area (Å²) in [6.07, 6.45) is 0.545. The topological polar surface area (TPSA) is 86.7 Å². The van der Waals surface area contributed by atoms with Crippen LogP contribution in [0.1, 0.15) is 13.3 Å². The molecule has 22 heavy (non-hydrogen) atoms. The maximum absolute atomic E-state index is 12.4. The number of hydrogen-bond donors (Lipinski definition) is 2. The lowest BCUT2D eigenvalue weighted by Gasteiger charge is -2.21. The van der Waals surface area contributed by atoms with Crippen molar-refractivity contribution < 1.29 is 19.5 Å². The number of benzene rings is 1. The van der Waals surface area contributed by atoms with Crippen LogP contribution < -0.4 is 10.2 Å². The van der Waals surface area contributed by atoms with E-state index in [1.54, 1.807) is 4.90 Å². The number of aliphatic carboxylic acids is 1. The summed E-state index contributed by atoms with van der Waals surface area (Å²) < 4.78 is 0. The van der Waals surface area contributed by atoms with Crippen LogP contribution in [-0.2, 0) is 14.4 Å². The number of para-hydroxylation sites is 1. The highest BCUT2D eigenvalue weighted by atomic mass is 32.2. The Labute approximate surface area is 132 Å². The molecule has 1 aromatic rings. The van der Waals surface area contributed by atoms with Crippen molar-refractivity contribution in [3.8, 4) is 0 Å². The van der Waals surface area contributed by atoms with Crippen LogP contribution >= 0.6 is 11.8 Å². The fourth-order valence-electron chi connectivity index (χ4n) is 2.49. The van der Waals surface area contributed by atoms with Crippen LogP contribution in [0.2, 0.25) is 0 Å². The second-order valence-electron chi connectivity index (χ2n) is 5.14. The van der Waals surface area contributed by atoms with E-state index in [0.29, 0.717) is 6.42 Å². The fourth-order valence-corrected chi connectivity index (χ4v) is 3.04. The van der Waals surface area contributed by atoms with Crippen molar-refractivity contribution in [2.75, 3.05) is 16.4 Å². The van der Waals surface area contributed by atoms with Gasteiger partial charge in [0.25, 0.3) is 0 Å². The maximum Gasteiger partial charge on any atom is 0.313 e. The van der Waals surface area contributed by atoms with E-state index < -0.39 is 12.0 Å². The summed E-state index contributed by atoms with van der Waals surface area (Å²) in [6.45, 7) is 1.94. The lowest BCUT2D eigenvalue weighted by molar-refractivity contribution is -0.133. The van der Waals surface area contributed by atoms with E-state index in [1.807, 2.05) is 37.3 Å². The standard InChI is InChI=1S/C15H18N2O4S/c1-10-7-12(16-13(18)8-22-9-14(19)20)15(21)17(10)11-5-3-2-4-6-11/h2-6,10,12H,7-9H2,1H3,(H,16,18)(H,19,20). The number of thioether (sulfide) groups is 1. The lowest BCUT2D eigenvalue weighted by atomic mass is 10.2. The molecule has 0 saturated carbocycles. The van der Waals surface area contributed by atoms with Gasteiger partial charge in [-0.3, -0.25) is 14.4 Å². The summed E-state index contributed by atoms with van der Waals surface area (Å²) in [5.74, 6) is -1.49. The third kappa shape index (κ3) is 4.00. The molecule has 0 radical (unpaired) electrons. The lowest BCUT2D eigenvalue weighted by Crippen LogP contribution is -2.42. The molecule has 1 aromatic carbocycles. The number of carboxylic acids is 1. The van der Waals surface area contributed by atoms with Gasteiger partial charge >= 0.3 is 5.97 Å². The summed E-state index contributed by atoms with van der Waals surface area (Å²) in [5.41, 5.74) is 0.817. The third-order valence-electron chi connectivity index (χ3n) is 3.38. The Morgan fingerprint density at radius 2 is 2.00 bits per heavy atom. The molecule has 1 aliphatic rings. The van der Waals surface area contributed by atoms with Gasteiger partial charge in [-0.1, -0.05) is 18.2 Å². The number of amides is 2. The Kier molecular flexibility index (Phi) is 5.43. The van der Waals surface area contributed by atoms with Crippen LogP contribution in [0.3, 0.4) is 0 Å². The van der Waals surface area contributed by atoms with E-state index in [1.165, 1.54) is 0 Å². The summed E-state index contributed by atoms with van der Waals surface area (Å²) in [7, 11) is 0. The first-order valence-electron chi connectivity index (χ1n) is 6.96. The second kappa shape index (κ2) is 7.31. The van der Waals surface area contributed by atoms with Crippen molar-refractivity contribution in [1.29, 1.82) is 0 Å². The molecule has 1 saturated heterocycles. The van der Waals surface area contributed by atoms with Gasteiger partial charge < -0.3 is 15.3 Å². The van der Waals surface area contributed by atoms with E-state index in [4.69, 9.17) is 5.11 Å². The number of nitrogens with one attached hydrogen (secondary N) is 1. The molecule has 0 aliphatic carbocycles. The first kappa shape index (κ1) is 16.4. The SMILES string of the molecule is CC1CC(NC(=O)CSCC(=O)O)C(=O)N1c1ccccc1. The Morgan fingerprint density at radius 1 is 1.32 bits per heavy atom. The quantitative estimate of drug-likeness (QED) is 0.819. The Balaban J connectivity index is 1.93. The molecular formula is C15H18N2O4S. The molecule has 7 heteroatoms. The molecule has 0 aromatic heterocycles. The molecule has 2 rings (SSSR count). The fraction of sp³-hybridized carbons (Fsp3) is 0.400. The van der Waals surface area contributed by atoms with Crippen molar-refractivity contribution in [1.82, 2.24) is 5.32 Å². The van der Waals surface area contributed by atoms with Gasteiger partial charge in [-0.15, -0.1) is 11.8 Å². The number of carbonyl (C=O) groups is 3. The average molecular weight is 322 g/mol. The maximum atomic E-state index is 12.4. The minimum Gasteiger partial charge on any atom is -0.481 e. The van der Waals surface area contributed by atoms with Crippen LogP contribution in [-0.4, -0.2) is 46.5 Å². The molecule has 0 spiro atoms. The Hall–Kier alpha value is -2.02. The molecule has 2 amide bonds. The number of carboxylic acid groups (broad SMARTS) is 1. The second-order valence-corrected chi connectivity index (χ2v) is 6.12. The van der Waals surface area contributed by atoms with E-state index >= 15 is 0 Å². The van der Waals surface area contributed by atoms with Gasteiger partial charge in [0.2, 0.25) is 11.8 Å². The van der Waals surface area contributed by atoms with Crippen molar-refractivity contribution in [2.24, 2.45) is 0 Å². The number of rotatable bonds is 6. The molecule has 6 nitrogen and oxygen atoms in total. The van der Waals surface area contributed by atoms with E-state index in [2.05, 4.69) is 5.32 Å². The van der Waals surface area contributed by atoms with Gasteiger partial charge in [-0.2, -0.15) is 0 Å². The van der Waals surface area contributed by atoms with Crippen LogP contribution in [0.5, 0.6) is 0 Å². The first-order valence-corrected chi connectivity index (χ1v) is 8.11. The third-order valence-corrected chi connectivity index (χ3v) is 4.30. The number of nitrogens with zero attached hydrogens (tertiary/aromatic N) is 1. The van der Waals surface area contributed by atoms with Crippen LogP contribution in [0.15, 0.2) is 30.3 Å². The number of carbonyl (C=O) groups excluding carboxylic acids is 2. The molecule has 2 N–H and O–H groups in total. The highest BCUT2D eigenvalue weighted by Gasteiger charge is 2.38. The van der Waals surface area contributed by atoms with E-state index in [-0.39, 0.29) is 29.4 Å². The minimum atomic E-state index is -0.960. The van der Waals surface area contributed by atoms with Crippen molar-refractivity contribution in [2.45, 2.75) is 25.4 Å². The summed E-state index contributed by atoms with van der Waals surface area (Å²) >= 11 is 1.02. The molecule has 1 fully saturated rings. The summed E-state index contributed by atoms with van der Waals surface area (Å²) in [5, 5.41) is 11.2. The first-order chi connectivity index (χ1) is 10.5. The normalized spacial score (nSPS) is 21.0. The van der Waals surface area contributed by atoms with Gasteiger partial charge in [0.05, 0.1) is 11.5 Å². The summed E-state index contributed by atoms with van der Waals surface area (Å²) in [6, 6.07) is 8.80. The van der Waals surface area contributed by atoms with Gasteiger partial charge in [0.15, 0.2) is 0 Å². The molecule has 1 heterocycles. The largest absolute Gasteiger partial charge is 0.481 e. The Bertz CT molecular complexity index is 564. The van der Waals surface area contributed by atoms with Crippen molar-refractivity contribution in [3.63, 3.8) is 0 Å². The predicted octanol–water partition coefficient (Wildman–Crippen LogP) is 1.11. The van der Waals surface area contributed by atoms with Gasteiger partial charge in [-0.05, 0) is 25.5 Å². The predicted molar refractivity (Wildman–Crippen MR) is 84.9 cm³/mol. The average Bonchev–Trinajstić information content (AvgIpc) is 2.74. The van der Waals surface area contributed by atoms with Crippen LogP contribution in [0.4, 0.5) is 5.69 Å². The zero-order chi connectivity index (χ0) is 16.1. The Morgan fingerprint density at radius 3 is 2.64 bits per heavy atom. The molecule has 118 valence electrons. The molecule has 1 aliphatic heterocycles. The van der Waals surface area contributed by atoms with Crippen molar-refractivity contribution in [3.05, 3.63) is 30.3 Å². The number of hydrogen-bond acceptors (Lipinski definition) is 4. The van der Waals surface area contributed by atoms with E-state index in [0.717, 1.165) is 17.4 Å². The highest BCUT2D eigenvalue weighted by molar-refractivity contribution is 8.00. The monoisotopic (exact) mass is 322 g/mol. The zero-order valence-electron chi connectivity index (χ0n) is 12.2.